The van der Waals surface area contributed by atoms with Gasteiger partial charge in [0, 0.05) is 0 Å². The summed E-state index contributed by atoms with van der Waals surface area (Å²) < 4.78 is 12.5. The van der Waals surface area contributed by atoms with Crippen LogP contribution in [0, 0.1) is 11.7 Å². The largest absolute Gasteiger partial charge is 0.207 e. The van der Waals surface area contributed by atoms with Gasteiger partial charge < -0.3 is 0 Å². The molecule has 0 aliphatic carbocycles. The fourth-order valence-corrected chi connectivity index (χ4v) is 1.05. The molecule has 0 fully saturated rings. The predicted molar refractivity (Wildman–Crippen MR) is 54.9 cm³/mol. The van der Waals surface area contributed by atoms with Crippen LogP contribution in [0.2, 0.25) is 0 Å². The van der Waals surface area contributed by atoms with Crippen LogP contribution in [0.4, 0.5) is 4.39 Å². The van der Waals surface area contributed by atoms with Gasteiger partial charge in [-0.05, 0) is 30.0 Å². The summed E-state index contributed by atoms with van der Waals surface area (Å²) in [5.74, 6) is 0.498. The third kappa shape index (κ3) is 3.88. The second kappa shape index (κ2) is 4.80. The van der Waals surface area contributed by atoms with Crippen LogP contribution in [-0.4, -0.2) is 0 Å². The Labute approximate surface area is 79.1 Å². The van der Waals surface area contributed by atoms with E-state index in [2.05, 4.69) is 19.9 Å². The first kappa shape index (κ1) is 9.97. The van der Waals surface area contributed by atoms with Gasteiger partial charge >= 0.3 is 0 Å². The Morgan fingerprint density at radius 2 is 1.85 bits per heavy atom. The molecule has 0 aliphatic heterocycles. The van der Waals surface area contributed by atoms with Crippen LogP contribution in [0.1, 0.15) is 25.8 Å². The second-order valence-electron chi connectivity index (χ2n) is 3.58. The lowest BCUT2D eigenvalue weighted by molar-refractivity contribution is 0.627. The molecule has 0 radical (unpaired) electrons. The molecule has 1 aromatic carbocycles. The summed E-state index contributed by atoms with van der Waals surface area (Å²) in [6.07, 6.45) is 5.22. The Kier molecular flexibility index (Phi) is 3.69. The maximum atomic E-state index is 12.5. The SMILES string of the molecule is CC(C)C/C=C\c1ccc(F)cc1. The Hall–Kier alpha value is -1.11. The summed E-state index contributed by atoms with van der Waals surface area (Å²) in [6.45, 7) is 4.35. The summed E-state index contributed by atoms with van der Waals surface area (Å²) in [6, 6.07) is 6.53. The van der Waals surface area contributed by atoms with Crippen LogP contribution in [0.5, 0.6) is 0 Å². The molecule has 1 aromatic rings. The van der Waals surface area contributed by atoms with E-state index in [-0.39, 0.29) is 5.82 Å². The lowest BCUT2D eigenvalue weighted by atomic mass is 10.1. The summed E-state index contributed by atoms with van der Waals surface area (Å²) in [5.41, 5.74) is 1.06. The molecular weight excluding hydrogens is 163 g/mol. The van der Waals surface area contributed by atoms with Gasteiger partial charge in [0.05, 0.1) is 0 Å². The molecule has 0 heterocycles. The summed E-state index contributed by atoms with van der Waals surface area (Å²) in [7, 11) is 0. The third-order valence-corrected chi connectivity index (χ3v) is 1.79. The van der Waals surface area contributed by atoms with Crippen molar-refractivity contribution in [2.24, 2.45) is 5.92 Å². The second-order valence-corrected chi connectivity index (χ2v) is 3.58. The normalized spacial score (nSPS) is 11.4. The molecule has 0 aliphatic rings. The van der Waals surface area contributed by atoms with Crippen molar-refractivity contribution in [3.05, 3.63) is 41.7 Å². The average molecular weight is 178 g/mol. The lowest BCUT2D eigenvalue weighted by Gasteiger charge is -1.97. The van der Waals surface area contributed by atoms with E-state index in [4.69, 9.17) is 0 Å². The van der Waals surface area contributed by atoms with Gasteiger partial charge in [0.25, 0.3) is 0 Å². The number of benzene rings is 1. The van der Waals surface area contributed by atoms with Crippen molar-refractivity contribution in [3.63, 3.8) is 0 Å². The van der Waals surface area contributed by atoms with Crippen molar-refractivity contribution in [3.8, 4) is 0 Å². The first-order valence-electron chi connectivity index (χ1n) is 4.60. The fraction of sp³-hybridized carbons (Fsp3) is 0.333. The van der Waals surface area contributed by atoms with Gasteiger partial charge in [-0.15, -0.1) is 0 Å². The molecule has 70 valence electrons. The van der Waals surface area contributed by atoms with Gasteiger partial charge in [0.15, 0.2) is 0 Å². The van der Waals surface area contributed by atoms with Gasteiger partial charge in [-0.1, -0.05) is 38.1 Å². The monoisotopic (exact) mass is 178 g/mol. The first-order valence-corrected chi connectivity index (χ1v) is 4.60. The summed E-state index contributed by atoms with van der Waals surface area (Å²) >= 11 is 0. The molecule has 13 heavy (non-hydrogen) atoms. The minimum atomic E-state index is -0.180. The van der Waals surface area contributed by atoms with Gasteiger partial charge in [-0.3, -0.25) is 0 Å². The topological polar surface area (TPSA) is 0 Å². The van der Waals surface area contributed by atoms with Gasteiger partial charge in [-0.25, -0.2) is 4.39 Å². The molecule has 0 saturated heterocycles. The molecule has 0 aromatic heterocycles. The van der Waals surface area contributed by atoms with E-state index in [0.717, 1.165) is 12.0 Å². The minimum absolute atomic E-state index is 0.180. The van der Waals surface area contributed by atoms with Crippen molar-refractivity contribution >= 4 is 6.08 Å². The highest BCUT2D eigenvalue weighted by molar-refractivity contribution is 5.48. The van der Waals surface area contributed by atoms with Gasteiger partial charge in [-0.2, -0.15) is 0 Å². The Morgan fingerprint density at radius 3 is 2.38 bits per heavy atom. The Balaban J connectivity index is 2.54. The highest BCUT2D eigenvalue weighted by Crippen LogP contribution is 2.07. The Morgan fingerprint density at radius 1 is 1.23 bits per heavy atom. The number of allylic oxidation sites excluding steroid dienone is 1. The molecule has 0 atom stereocenters. The van der Waals surface area contributed by atoms with E-state index in [1.54, 1.807) is 12.1 Å². The number of rotatable bonds is 3. The van der Waals surface area contributed by atoms with Crippen LogP contribution in [-0.2, 0) is 0 Å². The van der Waals surface area contributed by atoms with E-state index in [1.807, 2.05) is 6.08 Å². The van der Waals surface area contributed by atoms with Gasteiger partial charge in [0.2, 0.25) is 0 Å². The van der Waals surface area contributed by atoms with E-state index in [0.29, 0.717) is 5.92 Å². The maximum absolute atomic E-state index is 12.5. The molecule has 0 nitrogen and oxygen atoms in total. The third-order valence-electron chi connectivity index (χ3n) is 1.79. The van der Waals surface area contributed by atoms with Crippen molar-refractivity contribution in [1.29, 1.82) is 0 Å². The molecule has 1 rings (SSSR count). The average Bonchev–Trinajstić information content (AvgIpc) is 2.08. The number of hydrogen-bond acceptors (Lipinski definition) is 0. The number of halogens is 1. The molecule has 0 bridgehead atoms. The zero-order chi connectivity index (χ0) is 9.68. The molecule has 1 heteroatoms. The van der Waals surface area contributed by atoms with Crippen LogP contribution >= 0.6 is 0 Å². The maximum Gasteiger partial charge on any atom is 0.123 e. The summed E-state index contributed by atoms with van der Waals surface area (Å²) in [4.78, 5) is 0. The summed E-state index contributed by atoms with van der Waals surface area (Å²) in [5, 5.41) is 0. The smallest absolute Gasteiger partial charge is 0.123 e. The highest BCUT2D eigenvalue weighted by atomic mass is 19.1. The van der Waals surface area contributed by atoms with Crippen LogP contribution in [0.3, 0.4) is 0 Å². The zero-order valence-electron chi connectivity index (χ0n) is 8.13. The van der Waals surface area contributed by atoms with Crippen molar-refractivity contribution in [2.45, 2.75) is 20.3 Å². The molecule has 0 amide bonds. The number of hydrogen-bond donors (Lipinski definition) is 0. The van der Waals surface area contributed by atoms with E-state index in [9.17, 15) is 4.39 Å². The molecule has 0 saturated carbocycles. The zero-order valence-corrected chi connectivity index (χ0v) is 8.13. The molecule has 0 unspecified atom stereocenters. The van der Waals surface area contributed by atoms with Crippen molar-refractivity contribution < 1.29 is 4.39 Å². The predicted octanol–water partition coefficient (Wildman–Crippen LogP) is 3.89. The lowest BCUT2D eigenvalue weighted by Crippen LogP contribution is -1.81. The van der Waals surface area contributed by atoms with Crippen molar-refractivity contribution in [2.75, 3.05) is 0 Å². The highest BCUT2D eigenvalue weighted by Gasteiger charge is 1.90. The molecular formula is C12H15F. The molecule has 0 N–H and O–H groups in total. The van der Waals surface area contributed by atoms with Crippen LogP contribution < -0.4 is 0 Å². The van der Waals surface area contributed by atoms with Crippen LogP contribution in [0.15, 0.2) is 30.3 Å². The van der Waals surface area contributed by atoms with E-state index < -0.39 is 0 Å². The Bertz CT molecular complexity index is 270. The van der Waals surface area contributed by atoms with Crippen LogP contribution in [0.25, 0.3) is 6.08 Å². The van der Waals surface area contributed by atoms with E-state index in [1.165, 1.54) is 12.1 Å². The molecule has 0 spiro atoms. The minimum Gasteiger partial charge on any atom is -0.207 e. The first-order chi connectivity index (χ1) is 6.18. The van der Waals surface area contributed by atoms with E-state index >= 15 is 0 Å². The fourth-order valence-electron chi connectivity index (χ4n) is 1.05. The standard InChI is InChI=1S/C12H15F/c1-10(2)4-3-5-11-6-8-12(13)9-7-11/h3,5-10H,4H2,1-2H3/b5-3-. The van der Waals surface area contributed by atoms with Gasteiger partial charge in [0.1, 0.15) is 5.82 Å². The van der Waals surface area contributed by atoms with Crippen molar-refractivity contribution in [1.82, 2.24) is 0 Å². The quantitative estimate of drug-likeness (QED) is 0.658.